The highest BCUT2D eigenvalue weighted by molar-refractivity contribution is 6.18. The van der Waals surface area contributed by atoms with Crippen LogP contribution in [0.4, 0.5) is 5.69 Å². The highest BCUT2D eigenvalue weighted by Crippen LogP contribution is 2.32. The zero-order chi connectivity index (χ0) is 22.5. The number of fused-ring (bicyclic) bond motifs is 1. The predicted octanol–water partition coefficient (Wildman–Crippen LogP) is 4.58. The topological polar surface area (TPSA) is 74.9 Å². The monoisotopic (exact) mass is 423 g/mol. The number of nitriles is 1. The van der Waals surface area contributed by atoms with Gasteiger partial charge in [-0.3, -0.25) is 4.79 Å². The van der Waals surface area contributed by atoms with E-state index < -0.39 is 0 Å². The molecule has 0 saturated heterocycles. The summed E-state index contributed by atoms with van der Waals surface area (Å²) < 4.78 is 10.7. The largest absolute Gasteiger partial charge is 0.493 e. The van der Waals surface area contributed by atoms with Crippen LogP contribution in [0.25, 0.3) is 6.08 Å². The van der Waals surface area contributed by atoms with Crippen LogP contribution in [0.3, 0.4) is 0 Å². The summed E-state index contributed by atoms with van der Waals surface area (Å²) in [5, 5.41) is 9.07. The summed E-state index contributed by atoms with van der Waals surface area (Å²) in [5.74, 6) is 1.33. The SMILES string of the molecule is COc1cccc(C=CC(=O)N=C2c3ccccc3CN2c2ccc(C#N)cc2)c1OC. The van der Waals surface area contributed by atoms with Crippen molar-refractivity contribution in [1.29, 1.82) is 5.26 Å². The smallest absolute Gasteiger partial charge is 0.271 e. The minimum atomic E-state index is -0.389. The molecule has 0 N–H and O–H groups in total. The molecule has 1 aliphatic heterocycles. The maximum atomic E-state index is 12.8. The summed E-state index contributed by atoms with van der Waals surface area (Å²) in [7, 11) is 3.12. The molecule has 0 fully saturated rings. The molecule has 0 aromatic heterocycles. The fraction of sp³-hybridized carbons (Fsp3) is 0.115. The normalized spacial score (nSPS) is 13.8. The number of ether oxygens (including phenoxy) is 2. The van der Waals surface area contributed by atoms with Gasteiger partial charge in [0.1, 0.15) is 5.84 Å². The Morgan fingerprint density at radius 1 is 1.03 bits per heavy atom. The van der Waals surface area contributed by atoms with E-state index in [4.69, 9.17) is 14.7 Å². The predicted molar refractivity (Wildman–Crippen MR) is 124 cm³/mol. The molecular formula is C26H21N3O3. The summed E-state index contributed by atoms with van der Waals surface area (Å²) in [6, 6.07) is 22.7. The van der Waals surface area contributed by atoms with Crippen molar-refractivity contribution in [1.82, 2.24) is 0 Å². The molecule has 1 amide bonds. The second-order valence-corrected chi connectivity index (χ2v) is 7.09. The lowest BCUT2D eigenvalue weighted by molar-refractivity contribution is -0.113. The van der Waals surface area contributed by atoms with E-state index in [-0.39, 0.29) is 5.91 Å². The lowest BCUT2D eigenvalue weighted by Crippen LogP contribution is -2.25. The van der Waals surface area contributed by atoms with Gasteiger partial charge in [-0.15, -0.1) is 0 Å². The maximum absolute atomic E-state index is 12.8. The van der Waals surface area contributed by atoms with Crippen molar-refractivity contribution in [2.24, 2.45) is 4.99 Å². The van der Waals surface area contributed by atoms with Crippen molar-refractivity contribution >= 4 is 23.5 Å². The fourth-order valence-electron chi connectivity index (χ4n) is 3.66. The molecule has 1 aliphatic rings. The average Bonchev–Trinajstić information content (AvgIpc) is 3.20. The van der Waals surface area contributed by atoms with Gasteiger partial charge in [0.15, 0.2) is 11.5 Å². The summed E-state index contributed by atoms with van der Waals surface area (Å²) >= 11 is 0. The number of anilines is 1. The Kier molecular flexibility index (Phi) is 6.00. The first kappa shape index (κ1) is 20.9. The van der Waals surface area contributed by atoms with Crippen molar-refractivity contribution < 1.29 is 14.3 Å². The first-order valence-electron chi connectivity index (χ1n) is 10.0. The van der Waals surface area contributed by atoms with Crippen LogP contribution < -0.4 is 14.4 Å². The molecule has 0 bridgehead atoms. The summed E-state index contributed by atoms with van der Waals surface area (Å²) in [6.45, 7) is 0.599. The van der Waals surface area contributed by atoms with Crippen molar-refractivity contribution in [2.75, 3.05) is 19.1 Å². The molecule has 0 radical (unpaired) electrons. The number of benzene rings is 3. The van der Waals surface area contributed by atoms with Crippen LogP contribution in [-0.4, -0.2) is 26.0 Å². The number of para-hydroxylation sites is 1. The number of methoxy groups -OCH3 is 2. The number of hydrogen-bond donors (Lipinski definition) is 0. The number of carbonyl (C=O) groups excluding carboxylic acids is 1. The molecule has 3 aromatic carbocycles. The van der Waals surface area contributed by atoms with Gasteiger partial charge in [0, 0.05) is 22.9 Å². The third kappa shape index (κ3) is 4.09. The third-order valence-electron chi connectivity index (χ3n) is 5.21. The summed E-state index contributed by atoms with van der Waals surface area (Å²) in [4.78, 5) is 19.2. The Morgan fingerprint density at radius 2 is 1.81 bits per heavy atom. The molecule has 4 rings (SSSR count). The lowest BCUT2D eigenvalue weighted by atomic mass is 10.1. The summed E-state index contributed by atoms with van der Waals surface area (Å²) in [6.07, 6.45) is 3.09. The Morgan fingerprint density at radius 3 is 2.53 bits per heavy atom. The number of hydrogen-bond acceptors (Lipinski definition) is 4. The molecule has 32 heavy (non-hydrogen) atoms. The Balaban J connectivity index is 1.67. The molecule has 0 spiro atoms. The molecule has 0 unspecified atom stereocenters. The molecular weight excluding hydrogens is 402 g/mol. The zero-order valence-electron chi connectivity index (χ0n) is 17.8. The number of nitrogens with zero attached hydrogens (tertiary/aromatic N) is 3. The van der Waals surface area contributed by atoms with Crippen LogP contribution in [0.5, 0.6) is 11.5 Å². The van der Waals surface area contributed by atoms with Crippen molar-refractivity contribution in [3.05, 3.63) is 95.1 Å². The van der Waals surface area contributed by atoms with Gasteiger partial charge in [-0.2, -0.15) is 10.3 Å². The maximum Gasteiger partial charge on any atom is 0.271 e. The second-order valence-electron chi connectivity index (χ2n) is 7.09. The van der Waals surface area contributed by atoms with Gasteiger partial charge >= 0.3 is 0 Å². The lowest BCUT2D eigenvalue weighted by Gasteiger charge is -2.19. The highest BCUT2D eigenvalue weighted by Gasteiger charge is 2.27. The van der Waals surface area contributed by atoms with Crippen LogP contribution in [0.15, 0.2) is 77.8 Å². The quantitative estimate of drug-likeness (QED) is 0.562. The van der Waals surface area contributed by atoms with Crippen LogP contribution in [0.2, 0.25) is 0 Å². The van der Waals surface area contributed by atoms with Crippen LogP contribution in [0.1, 0.15) is 22.3 Å². The molecule has 6 nitrogen and oxygen atoms in total. The number of amidine groups is 1. The second kappa shape index (κ2) is 9.19. The number of carbonyl (C=O) groups is 1. The third-order valence-corrected chi connectivity index (χ3v) is 5.21. The van der Waals surface area contributed by atoms with Crippen molar-refractivity contribution in [3.8, 4) is 17.6 Å². The first-order valence-corrected chi connectivity index (χ1v) is 10.0. The molecule has 3 aromatic rings. The molecule has 0 aliphatic carbocycles. The van der Waals surface area contributed by atoms with E-state index in [1.54, 1.807) is 38.5 Å². The standard InChI is InChI=1S/C26H21N3O3/c1-31-23-9-5-7-19(25(23)32-2)12-15-24(30)28-26-22-8-4-3-6-20(22)17-29(26)21-13-10-18(16-27)11-14-21/h3-15H,17H2,1-2H3. The fourth-order valence-corrected chi connectivity index (χ4v) is 3.66. The van der Waals surface area contributed by atoms with Crippen LogP contribution >= 0.6 is 0 Å². The first-order chi connectivity index (χ1) is 15.6. The van der Waals surface area contributed by atoms with Gasteiger partial charge in [0.25, 0.3) is 5.91 Å². The van der Waals surface area contributed by atoms with Crippen molar-refractivity contribution in [2.45, 2.75) is 6.54 Å². The Labute approximate surface area is 186 Å². The minimum Gasteiger partial charge on any atom is -0.493 e. The van der Waals surface area contributed by atoms with E-state index in [9.17, 15) is 4.79 Å². The average molecular weight is 423 g/mol. The number of rotatable bonds is 5. The van der Waals surface area contributed by atoms with Gasteiger partial charge < -0.3 is 14.4 Å². The van der Waals surface area contributed by atoms with Gasteiger partial charge in [0.2, 0.25) is 0 Å². The van der Waals surface area contributed by atoms with E-state index in [1.807, 2.05) is 53.4 Å². The molecule has 0 saturated carbocycles. The molecule has 1 heterocycles. The van der Waals surface area contributed by atoms with Crippen molar-refractivity contribution in [3.63, 3.8) is 0 Å². The minimum absolute atomic E-state index is 0.389. The number of aliphatic imine (C=N–C) groups is 1. The molecule has 158 valence electrons. The van der Waals surface area contributed by atoms with Gasteiger partial charge in [-0.05, 0) is 42.0 Å². The van der Waals surface area contributed by atoms with Crippen LogP contribution in [-0.2, 0) is 11.3 Å². The highest BCUT2D eigenvalue weighted by atomic mass is 16.5. The van der Waals surface area contributed by atoms with Gasteiger partial charge in [-0.25, -0.2) is 0 Å². The number of amides is 1. The van der Waals surface area contributed by atoms with E-state index in [1.165, 1.54) is 6.08 Å². The Hall–Kier alpha value is -4.37. The zero-order valence-corrected chi connectivity index (χ0v) is 17.8. The Bertz CT molecular complexity index is 1250. The van der Waals surface area contributed by atoms with E-state index in [0.717, 1.165) is 22.4 Å². The van der Waals surface area contributed by atoms with E-state index >= 15 is 0 Å². The summed E-state index contributed by atoms with van der Waals surface area (Å²) in [5.41, 5.74) is 4.16. The van der Waals surface area contributed by atoms with E-state index in [2.05, 4.69) is 11.1 Å². The molecule has 6 heteroatoms. The molecule has 0 atom stereocenters. The van der Waals surface area contributed by atoms with Gasteiger partial charge in [0.05, 0.1) is 32.4 Å². The van der Waals surface area contributed by atoms with Crippen LogP contribution in [0, 0.1) is 11.3 Å². The van der Waals surface area contributed by atoms with Gasteiger partial charge in [-0.1, -0.05) is 36.4 Å². The van der Waals surface area contributed by atoms with E-state index in [0.29, 0.717) is 29.4 Å².